The minimum absolute atomic E-state index is 0.0806. The highest BCUT2D eigenvalue weighted by Gasteiger charge is 2.29. The fourth-order valence-corrected chi connectivity index (χ4v) is 3.43. The molecule has 0 unspecified atom stereocenters. The van der Waals surface area contributed by atoms with Gasteiger partial charge < -0.3 is 4.90 Å². The molecule has 0 saturated carbocycles. The average molecular weight is 345 g/mol. The second kappa shape index (κ2) is 5.87. The van der Waals surface area contributed by atoms with Crippen molar-refractivity contribution < 1.29 is 9.18 Å². The summed E-state index contributed by atoms with van der Waals surface area (Å²) in [6.45, 7) is 1.15. The minimum Gasteiger partial charge on any atom is -0.337 e. The van der Waals surface area contributed by atoms with Crippen LogP contribution < -0.4 is 0 Å². The van der Waals surface area contributed by atoms with Crippen molar-refractivity contribution in [1.82, 2.24) is 19.3 Å². The van der Waals surface area contributed by atoms with Crippen LogP contribution in [0.1, 0.15) is 28.4 Å². The van der Waals surface area contributed by atoms with E-state index < -0.39 is 0 Å². The first kappa shape index (κ1) is 15.1. The smallest absolute Gasteiger partial charge is 0.272 e. The van der Waals surface area contributed by atoms with Crippen LogP contribution in [0.3, 0.4) is 0 Å². The van der Waals surface area contributed by atoms with E-state index in [4.69, 9.17) is 11.6 Å². The highest BCUT2D eigenvalue weighted by molar-refractivity contribution is 6.30. The predicted molar refractivity (Wildman–Crippen MR) is 87.7 cm³/mol. The highest BCUT2D eigenvalue weighted by Crippen LogP contribution is 2.30. The number of hydrogen-bond donors (Lipinski definition) is 0. The van der Waals surface area contributed by atoms with Crippen LogP contribution in [0.5, 0.6) is 0 Å². The molecular weight excluding hydrogens is 331 g/mol. The molecule has 2 aromatic heterocycles. The molecule has 1 aromatic carbocycles. The number of hydrogen-bond acceptors (Lipinski definition) is 3. The standard InChI is InChI=1S/C17H14ClFN4O/c18-13-3-12(4-14(19)5-13)11-1-2-22(9-11)17(24)16-8-20-6-15-7-21-10-23(15)16/h3-8,10-11H,1-2,9H2/t11-/m0/s1. The Labute approximate surface area is 142 Å². The molecular formula is C17H14ClFN4O. The Hall–Kier alpha value is -2.47. The Morgan fingerprint density at radius 1 is 1.21 bits per heavy atom. The molecule has 1 saturated heterocycles. The topological polar surface area (TPSA) is 50.5 Å². The largest absolute Gasteiger partial charge is 0.337 e. The number of aromatic nitrogens is 3. The van der Waals surface area contributed by atoms with Crippen molar-refractivity contribution in [3.8, 4) is 0 Å². The van der Waals surface area contributed by atoms with Gasteiger partial charge in [-0.15, -0.1) is 0 Å². The summed E-state index contributed by atoms with van der Waals surface area (Å²) in [6, 6.07) is 4.54. The van der Waals surface area contributed by atoms with Crippen LogP contribution in [-0.2, 0) is 0 Å². The molecule has 4 rings (SSSR count). The van der Waals surface area contributed by atoms with Gasteiger partial charge in [0.05, 0.1) is 30.4 Å². The molecule has 3 heterocycles. The van der Waals surface area contributed by atoms with Gasteiger partial charge in [-0.3, -0.25) is 14.2 Å². The molecule has 0 spiro atoms. The zero-order valence-corrected chi connectivity index (χ0v) is 13.4. The predicted octanol–water partition coefficient (Wildman–Crippen LogP) is 3.15. The highest BCUT2D eigenvalue weighted by atomic mass is 35.5. The van der Waals surface area contributed by atoms with Crippen LogP contribution in [0, 0.1) is 5.82 Å². The van der Waals surface area contributed by atoms with Gasteiger partial charge in [0.25, 0.3) is 5.91 Å². The van der Waals surface area contributed by atoms with E-state index in [0.29, 0.717) is 23.8 Å². The second-order valence-corrected chi connectivity index (χ2v) is 6.36. The van der Waals surface area contributed by atoms with Crippen LogP contribution in [-0.4, -0.2) is 38.3 Å². The minimum atomic E-state index is -0.352. The van der Waals surface area contributed by atoms with Crippen molar-refractivity contribution in [2.45, 2.75) is 12.3 Å². The number of likely N-dealkylation sites (tertiary alicyclic amines) is 1. The van der Waals surface area contributed by atoms with E-state index in [1.807, 2.05) is 0 Å². The molecule has 1 fully saturated rings. The van der Waals surface area contributed by atoms with Crippen molar-refractivity contribution in [3.63, 3.8) is 0 Å². The van der Waals surface area contributed by atoms with Crippen molar-refractivity contribution >= 4 is 23.0 Å². The van der Waals surface area contributed by atoms with E-state index in [1.54, 1.807) is 40.3 Å². The molecule has 0 radical (unpaired) electrons. The third kappa shape index (κ3) is 2.63. The van der Waals surface area contributed by atoms with Gasteiger partial charge in [-0.2, -0.15) is 0 Å². The summed E-state index contributed by atoms with van der Waals surface area (Å²) in [5.41, 5.74) is 2.07. The number of imidazole rings is 1. The molecule has 5 nitrogen and oxygen atoms in total. The maximum Gasteiger partial charge on any atom is 0.272 e. The molecule has 3 aromatic rings. The van der Waals surface area contributed by atoms with Gasteiger partial charge in [-0.05, 0) is 30.2 Å². The lowest BCUT2D eigenvalue weighted by Gasteiger charge is -2.17. The van der Waals surface area contributed by atoms with Crippen LogP contribution >= 0.6 is 11.6 Å². The Bertz CT molecular complexity index is 906. The molecule has 1 amide bonds. The molecule has 0 N–H and O–H groups in total. The number of carbonyl (C=O) groups excluding carboxylic acids is 1. The third-order valence-electron chi connectivity index (χ3n) is 4.38. The Morgan fingerprint density at radius 3 is 2.88 bits per heavy atom. The van der Waals surface area contributed by atoms with Crippen LogP contribution in [0.4, 0.5) is 4.39 Å². The van der Waals surface area contributed by atoms with E-state index >= 15 is 0 Å². The van der Waals surface area contributed by atoms with Gasteiger partial charge >= 0.3 is 0 Å². The summed E-state index contributed by atoms with van der Waals surface area (Å²) >= 11 is 5.94. The molecule has 0 bridgehead atoms. The average Bonchev–Trinajstić information content (AvgIpc) is 3.22. The summed E-state index contributed by atoms with van der Waals surface area (Å²) in [5.74, 6) is -0.372. The fourth-order valence-electron chi connectivity index (χ4n) is 3.20. The second-order valence-electron chi connectivity index (χ2n) is 5.92. The molecule has 7 heteroatoms. The zero-order chi connectivity index (χ0) is 16.7. The lowest BCUT2D eigenvalue weighted by Crippen LogP contribution is -2.30. The lowest BCUT2D eigenvalue weighted by molar-refractivity contribution is 0.0783. The Balaban J connectivity index is 1.58. The third-order valence-corrected chi connectivity index (χ3v) is 4.60. The molecule has 122 valence electrons. The van der Waals surface area contributed by atoms with Crippen molar-refractivity contribution in [3.05, 3.63) is 65.2 Å². The number of fused-ring (bicyclic) bond motifs is 1. The van der Waals surface area contributed by atoms with E-state index in [0.717, 1.165) is 17.5 Å². The van der Waals surface area contributed by atoms with E-state index in [-0.39, 0.29) is 17.6 Å². The number of halogens is 2. The van der Waals surface area contributed by atoms with Crippen LogP contribution in [0.15, 0.2) is 43.1 Å². The van der Waals surface area contributed by atoms with Gasteiger partial charge in [-0.25, -0.2) is 9.37 Å². The number of carbonyl (C=O) groups is 1. The first-order valence-corrected chi connectivity index (χ1v) is 8.01. The maximum atomic E-state index is 13.6. The number of amides is 1. The summed E-state index contributed by atoms with van der Waals surface area (Å²) < 4.78 is 15.3. The van der Waals surface area contributed by atoms with Gasteiger partial charge in [0.1, 0.15) is 11.5 Å². The first-order chi connectivity index (χ1) is 11.6. The van der Waals surface area contributed by atoms with Crippen molar-refractivity contribution in [2.24, 2.45) is 0 Å². The van der Waals surface area contributed by atoms with Crippen LogP contribution in [0.25, 0.3) is 5.52 Å². The molecule has 1 atom stereocenters. The van der Waals surface area contributed by atoms with Gasteiger partial charge in [-0.1, -0.05) is 11.6 Å². The molecule has 1 aliphatic heterocycles. The SMILES string of the molecule is O=C(c1cncc2cncn12)N1CC[C@H](c2cc(F)cc(Cl)c2)C1. The summed E-state index contributed by atoms with van der Waals surface area (Å²) in [6.07, 6.45) is 7.24. The maximum absolute atomic E-state index is 13.6. The van der Waals surface area contributed by atoms with Crippen molar-refractivity contribution in [2.75, 3.05) is 13.1 Å². The number of benzene rings is 1. The zero-order valence-electron chi connectivity index (χ0n) is 12.7. The van der Waals surface area contributed by atoms with Gasteiger partial charge in [0.2, 0.25) is 0 Å². The van der Waals surface area contributed by atoms with E-state index in [1.165, 1.54) is 12.1 Å². The first-order valence-electron chi connectivity index (χ1n) is 7.63. The van der Waals surface area contributed by atoms with Crippen LogP contribution in [0.2, 0.25) is 5.02 Å². The number of rotatable bonds is 2. The fraction of sp³-hybridized carbons (Fsp3) is 0.235. The molecule has 24 heavy (non-hydrogen) atoms. The summed E-state index contributed by atoms with van der Waals surface area (Å²) in [7, 11) is 0. The molecule has 0 aliphatic carbocycles. The van der Waals surface area contributed by atoms with E-state index in [9.17, 15) is 9.18 Å². The van der Waals surface area contributed by atoms with E-state index in [2.05, 4.69) is 9.97 Å². The Morgan fingerprint density at radius 2 is 2.04 bits per heavy atom. The molecule has 1 aliphatic rings. The quantitative estimate of drug-likeness (QED) is 0.717. The van der Waals surface area contributed by atoms with Gasteiger partial charge in [0, 0.05) is 24.0 Å². The normalized spacial score (nSPS) is 17.6. The summed E-state index contributed by atoms with van der Waals surface area (Å²) in [5, 5.41) is 0.377. The monoisotopic (exact) mass is 344 g/mol. The summed E-state index contributed by atoms with van der Waals surface area (Å²) in [4.78, 5) is 22.7. The van der Waals surface area contributed by atoms with Gasteiger partial charge in [0.15, 0.2) is 0 Å². The lowest BCUT2D eigenvalue weighted by atomic mass is 9.98. The van der Waals surface area contributed by atoms with Crippen molar-refractivity contribution in [1.29, 1.82) is 0 Å². The number of nitrogens with zero attached hydrogens (tertiary/aromatic N) is 4. The Kier molecular flexibility index (Phi) is 3.69.